The van der Waals surface area contributed by atoms with E-state index in [1.54, 1.807) is 0 Å². The highest BCUT2D eigenvalue weighted by Gasteiger charge is 2.45. The molecule has 62 valence electrons. The maximum atomic E-state index is 2.55. The van der Waals surface area contributed by atoms with E-state index < -0.39 is 0 Å². The quantitative estimate of drug-likeness (QED) is 0.477. The van der Waals surface area contributed by atoms with Crippen LogP contribution in [0.1, 0.15) is 6.92 Å². The minimum atomic E-state index is 0.578. The maximum Gasteiger partial charge on any atom is 0.0530 e. The van der Waals surface area contributed by atoms with Crippen molar-refractivity contribution in [3.8, 4) is 0 Å². The summed E-state index contributed by atoms with van der Waals surface area (Å²) in [5.74, 6) is 0. The van der Waals surface area contributed by atoms with Gasteiger partial charge in [-0.25, -0.2) is 0 Å². The van der Waals surface area contributed by atoms with Crippen LogP contribution in [0.15, 0.2) is 0 Å². The van der Waals surface area contributed by atoms with Crippen molar-refractivity contribution in [1.82, 2.24) is 14.7 Å². The summed E-state index contributed by atoms with van der Waals surface area (Å²) in [6, 6.07) is 0. The molecule has 0 N–H and O–H groups in total. The van der Waals surface area contributed by atoms with Crippen LogP contribution in [0.4, 0.5) is 0 Å². The highest BCUT2D eigenvalue weighted by Crippen LogP contribution is 2.34. The van der Waals surface area contributed by atoms with Gasteiger partial charge < -0.3 is 0 Å². The van der Waals surface area contributed by atoms with E-state index in [1.807, 2.05) is 0 Å². The molecular weight excluding hydrogens is 138 g/mol. The second kappa shape index (κ2) is 1.79. The summed E-state index contributed by atoms with van der Waals surface area (Å²) in [6.07, 6.45) is 0. The smallest absolute Gasteiger partial charge is 0.0530 e. The van der Waals surface area contributed by atoms with Gasteiger partial charge in [0.15, 0.2) is 0 Å². The van der Waals surface area contributed by atoms with E-state index >= 15 is 0 Å². The van der Waals surface area contributed by atoms with E-state index in [4.69, 9.17) is 0 Å². The molecule has 0 radical (unpaired) electrons. The van der Waals surface area contributed by atoms with Gasteiger partial charge in [0.2, 0.25) is 0 Å². The van der Waals surface area contributed by atoms with Crippen molar-refractivity contribution in [2.24, 2.45) is 5.41 Å². The molecule has 0 atom stereocenters. The first-order chi connectivity index (χ1) is 5.23. The second-order valence-corrected chi connectivity index (χ2v) is 4.72. The third-order valence-electron chi connectivity index (χ3n) is 3.02. The van der Waals surface area contributed by atoms with E-state index in [0.29, 0.717) is 5.41 Å². The van der Waals surface area contributed by atoms with Gasteiger partial charge in [-0.3, -0.25) is 14.7 Å². The molecule has 0 saturated carbocycles. The van der Waals surface area contributed by atoms with Crippen LogP contribution in [0.3, 0.4) is 0 Å². The zero-order valence-electron chi connectivity index (χ0n) is 7.08. The van der Waals surface area contributed by atoms with Crippen molar-refractivity contribution in [1.29, 1.82) is 0 Å². The van der Waals surface area contributed by atoms with Crippen LogP contribution in [0, 0.1) is 5.41 Å². The Labute approximate surface area is 67.6 Å². The van der Waals surface area contributed by atoms with E-state index in [2.05, 4.69) is 21.6 Å². The molecule has 3 heteroatoms. The molecule has 0 aromatic heterocycles. The van der Waals surface area contributed by atoms with Crippen LogP contribution in [-0.4, -0.2) is 54.3 Å². The van der Waals surface area contributed by atoms with Crippen LogP contribution in [-0.2, 0) is 0 Å². The van der Waals surface area contributed by atoms with Gasteiger partial charge in [0, 0.05) is 25.0 Å². The fraction of sp³-hybridized carbons (Fsp3) is 1.00. The number of rotatable bonds is 0. The van der Waals surface area contributed by atoms with E-state index in [1.165, 1.54) is 39.6 Å². The van der Waals surface area contributed by atoms with Gasteiger partial charge in [0.1, 0.15) is 0 Å². The summed E-state index contributed by atoms with van der Waals surface area (Å²) in [4.78, 5) is 7.66. The zero-order chi connectivity index (χ0) is 7.47. The van der Waals surface area contributed by atoms with Crippen LogP contribution in [0.5, 0.6) is 0 Å². The SMILES string of the molecule is CC12CN3CN(CN(C3)C1)C2. The molecule has 4 aliphatic rings. The summed E-state index contributed by atoms with van der Waals surface area (Å²) < 4.78 is 0. The minimum absolute atomic E-state index is 0.578. The third kappa shape index (κ3) is 0.849. The third-order valence-corrected chi connectivity index (χ3v) is 3.02. The van der Waals surface area contributed by atoms with Crippen LogP contribution in [0.25, 0.3) is 0 Å². The van der Waals surface area contributed by atoms with Crippen molar-refractivity contribution >= 4 is 0 Å². The fourth-order valence-electron chi connectivity index (χ4n) is 3.05. The second-order valence-electron chi connectivity index (χ2n) is 4.72. The Morgan fingerprint density at radius 2 is 1.18 bits per heavy atom. The lowest BCUT2D eigenvalue weighted by Gasteiger charge is -2.59. The molecule has 0 unspecified atom stereocenters. The monoisotopic (exact) mass is 153 g/mol. The molecular formula is C8H15N3. The van der Waals surface area contributed by atoms with Crippen LogP contribution in [0.2, 0.25) is 0 Å². The lowest BCUT2D eigenvalue weighted by atomic mass is 9.84. The molecule has 11 heavy (non-hydrogen) atoms. The van der Waals surface area contributed by atoms with E-state index in [9.17, 15) is 0 Å². The Kier molecular flexibility index (Phi) is 1.04. The van der Waals surface area contributed by atoms with Crippen molar-refractivity contribution in [3.05, 3.63) is 0 Å². The average molecular weight is 153 g/mol. The van der Waals surface area contributed by atoms with Gasteiger partial charge in [-0.1, -0.05) is 6.92 Å². The normalized spacial score (nSPS) is 60.3. The molecule has 4 aliphatic heterocycles. The Morgan fingerprint density at radius 3 is 1.45 bits per heavy atom. The van der Waals surface area contributed by atoms with Crippen molar-refractivity contribution in [2.75, 3.05) is 39.6 Å². The molecule has 4 saturated heterocycles. The summed E-state index contributed by atoms with van der Waals surface area (Å²) in [6.45, 7) is 10.0. The standard InChI is InChI=1S/C8H15N3/c1-8-2-9-5-10(3-8)7-11(4-8)6-9/h2-7H2,1H3. The molecule has 4 bridgehead atoms. The lowest BCUT2D eigenvalue weighted by molar-refractivity contribution is -0.166. The Balaban J connectivity index is 1.94. The van der Waals surface area contributed by atoms with Gasteiger partial charge >= 0.3 is 0 Å². The molecule has 3 nitrogen and oxygen atoms in total. The molecule has 4 rings (SSSR count). The molecule has 0 aromatic rings. The number of hydrogen-bond acceptors (Lipinski definition) is 3. The van der Waals surface area contributed by atoms with Crippen molar-refractivity contribution in [2.45, 2.75) is 6.92 Å². The van der Waals surface area contributed by atoms with Gasteiger partial charge in [-0.15, -0.1) is 0 Å². The summed E-state index contributed by atoms with van der Waals surface area (Å²) >= 11 is 0. The van der Waals surface area contributed by atoms with Gasteiger partial charge in [0.05, 0.1) is 20.0 Å². The molecule has 0 spiro atoms. The average Bonchev–Trinajstić information content (AvgIpc) is 1.79. The zero-order valence-corrected chi connectivity index (χ0v) is 7.08. The predicted molar refractivity (Wildman–Crippen MR) is 42.8 cm³/mol. The first kappa shape index (κ1) is 6.40. The van der Waals surface area contributed by atoms with Crippen LogP contribution >= 0.6 is 0 Å². The first-order valence-corrected chi connectivity index (χ1v) is 4.41. The largest absolute Gasteiger partial charge is 0.277 e. The Morgan fingerprint density at radius 1 is 0.818 bits per heavy atom. The van der Waals surface area contributed by atoms with E-state index in [0.717, 1.165) is 0 Å². The summed E-state index contributed by atoms with van der Waals surface area (Å²) in [7, 11) is 0. The highest BCUT2D eigenvalue weighted by molar-refractivity contribution is 4.96. The maximum absolute atomic E-state index is 2.55. The summed E-state index contributed by atoms with van der Waals surface area (Å²) in [5.41, 5.74) is 0.578. The molecule has 0 aromatic carbocycles. The highest BCUT2D eigenvalue weighted by atomic mass is 15.5. The van der Waals surface area contributed by atoms with Gasteiger partial charge in [-0.05, 0) is 0 Å². The Bertz CT molecular complexity index is 154. The fourth-order valence-corrected chi connectivity index (χ4v) is 3.05. The molecule has 4 fully saturated rings. The van der Waals surface area contributed by atoms with Crippen molar-refractivity contribution in [3.63, 3.8) is 0 Å². The van der Waals surface area contributed by atoms with Crippen LogP contribution < -0.4 is 0 Å². The Hall–Kier alpha value is -0.120. The van der Waals surface area contributed by atoms with Crippen molar-refractivity contribution < 1.29 is 0 Å². The lowest BCUT2D eigenvalue weighted by Crippen LogP contribution is -2.71. The summed E-state index contributed by atoms with van der Waals surface area (Å²) in [5, 5.41) is 0. The minimum Gasteiger partial charge on any atom is -0.277 e. The topological polar surface area (TPSA) is 9.72 Å². The van der Waals surface area contributed by atoms with Gasteiger partial charge in [0.25, 0.3) is 0 Å². The predicted octanol–water partition coefficient (Wildman–Crippen LogP) is -0.188. The molecule has 4 heterocycles. The molecule has 0 amide bonds. The molecule has 0 aliphatic carbocycles. The number of hydrogen-bond donors (Lipinski definition) is 0. The van der Waals surface area contributed by atoms with E-state index in [-0.39, 0.29) is 0 Å². The van der Waals surface area contributed by atoms with Gasteiger partial charge in [-0.2, -0.15) is 0 Å². The first-order valence-electron chi connectivity index (χ1n) is 4.41. The number of nitrogens with zero attached hydrogens (tertiary/aromatic N) is 3.